The third kappa shape index (κ3) is 2.24. The van der Waals surface area contributed by atoms with Crippen LogP contribution in [-0.4, -0.2) is 14.9 Å². The number of thioether (sulfide) groups is 1. The maximum absolute atomic E-state index is 6.29. The highest BCUT2D eigenvalue weighted by Crippen LogP contribution is 2.39. The first-order valence-electron chi connectivity index (χ1n) is 6.82. The normalized spacial score (nSPS) is 18.0. The molecule has 2 aromatic heterocycles. The van der Waals surface area contributed by atoms with E-state index >= 15 is 0 Å². The van der Waals surface area contributed by atoms with Gasteiger partial charge in [-0.2, -0.15) is 0 Å². The Balaban J connectivity index is 1.83. The highest BCUT2D eigenvalue weighted by molar-refractivity contribution is 9.10. The van der Waals surface area contributed by atoms with E-state index in [4.69, 9.17) is 5.73 Å². The van der Waals surface area contributed by atoms with Gasteiger partial charge in [0.2, 0.25) is 0 Å². The highest BCUT2D eigenvalue weighted by Gasteiger charge is 2.28. The molecule has 4 rings (SSSR count). The molecule has 22 heavy (non-hydrogen) atoms. The average Bonchev–Trinajstić information content (AvgIpc) is 3.10. The van der Waals surface area contributed by atoms with Crippen LogP contribution in [0.4, 0.5) is 5.69 Å². The van der Waals surface area contributed by atoms with Crippen LogP contribution in [0, 0.1) is 0 Å². The Kier molecular flexibility index (Phi) is 3.44. The number of benzene rings is 1. The van der Waals surface area contributed by atoms with Gasteiger partial charge in [-0.25, -0.2) is 4.98 Å². The number of anilines is 1. The fourth-order valence-corrected chi connectivity index (χ4v) is 3.85. The molecule has 0 fully saturated rings. The quantitative estimate of drug-likeness (QED) is 0.740. The van der Waals surface area contributed by atoms with Crippen molar-refractivity contribution in [1.82, 2.24) is 9.38 Å². The van der Waals surface area contributed by atoms with Crippen LogP contribution >= 0.6 is 27.7 Å². The molecule has 3 heterocycles. The smallest absolute Gasteiger partial charge is 0.137 e. The van der Waals surface area contributed by atoms with Crippen molar-refractivity contribution in [2.24, 2.45) is 5.73 Å². The Morgan fingerprint density at radius 3 is 2.95 bits per heavy atom. The zero-order valence-corrected chi connectivity index (χ0v) is 14.0. The van der Waals surface area contributed by atoms with E-state index in [0.717, 1.165) is 27.2 Å². The summed E-state index contributed by atoms with van der Waals surface area (Å²) in [5.74, 6) is 0. The summed E-state index contributed by atoms with van der Waals surface area (Å²) in [7, 11) is 0. The summed E-state index contributed by atoms with van der Waals surface area (Å²) in [6, 6.07) is 14.1. The van der Waals surface area contributed by atoms with Crippen molar-refractivity contribution < 1.29 is 0 Å². The molecule has 2 N–H and O–H groups in total. The summed E-state index contributed by atoms with van der Waals surface area (Å²) in [5, 5.41) is 2.10. The predicted molar refractivity (Wildman–Crippen MR) is 95.4 cm³/mol. The maximum atomic E-state index is 6.29. The molecule has 4 nitrogen and oxygen atoms in total. The maximum Gasteiger partial charge on any atom is 0.137 e. The Morgan fingerprint density at radius 1 is 1.18 bits per heavy atom. The second kappa shape index (κ2) is 5.46. The van der Waals surface area contributed by atoms with E-state index in [9.17, 15) is 0 Å². The molecule has 0 amide bonds. The van der Waals surface area contributed by atoms with Gasteiger partial charge in [0.15, 0.2) is 0 Å². The van der Waals surface area contributed by atoms with Crippen LogP contribution < -0.4 is 10.6 Å². The lowest BCUT2D eigenvalue weighted by Gasteiger charge is -2.26. The van der Waals surface area contributed by atoms with Gasteiger partial charge in [0.05, 0.1) is 17.6 Å². The minimum atomic E-state index is -0.140. The van der Waals surface area contributed by atoms with Crippen LogP contribution in [0.1, 0.15) is 5.69 Å². The lowest BCUT2D eigenvalue weighted by Crippen LogP contribution is -2.34. The van der Waals surface area contributed by atoms with Gasteiger partial charge < -0.3 is 10.6 Å². The van der Waals surface area contributed by atoms with Crippen molar-refractivity contribution in [2.75, 3.05) is 4.90 Å². The third-order valence-corrected chi connectivity index (χ3v) is 4.94. The highest BCUT2D eigenvalue weighted by atomic mass is 79.9. The first-order chi connectivity index (χ1) is 10.7. The van der Waals surface area contributed by atoms with Crippen LogP contribution in [0.3, 0.4) is 0 Å². The molecule has 6 heteroatoms. The van der Waals surface area contributed by atoms with Crippen LogP contribution in [0.15, 0.2) is 64.7 Å². The summed E-state index contributed by atoms with van der Waals surface area (Å²) < 4.78 is 3.11. The van der Waals surface area contributed by atoms with Gasteiger partial charge in [-0.15, -0.1) is 0 Å². The molecule has 0 saturated carbocycles. The van der Waals surface area contributed by atoms with Crippen molar-refractivity contribution >= 4 is 44.7 Å². The average molecular weight is 373 g/mol. The standard InChI is InChI=1S/C16H13BrN4S/c17-11-4-3-5-12(8-11)21-14(10-22-16(21)18)13-9-19-15-6-1-2-7-20(13)15/h1-10,16H,18H2. The largest absolute Gasteiger partial charge is 0.314 e. The van der Waals surface area contributed by atoms with Gasteiger partial charge in [-0.1, -0.05) is 39.8 Å². The molecule has 1 aliphatic heterocycles. The molecule has 0 aliphatic carbocycles. The number of rotatable bonds is 2. The summed E-state index contributed by atoms with van der Waals surface area (Å²) in [6.07, 6.45) is 3.91. The molecule has 1 atom stereocenters. The van der Waals surface area contributed by atoms with Crippen molar-refractivity contribution in [1.29, 1.82) is 0 Å². The van der Waals surface area contributed by atoms with Gasteiger partial charge in [-0.05, 0) is 30.3 Å². The molecule has 110 valence electrons. The number of nitrogens with zero attached hydrogens (tertiary/aromatic N) is 3. The van der Waals surface area contributed by atoms with Crippen LogP contribution in [0.2, 0.25) is 0 Å². The number of nitrogens with two attached hydrogens (primary N) is 1. The molecule has 1 aliphatic rings. The van der Waals surface area contributed by atoms with Crippen LogP contribution in [-0.2, 0) is 0 Å². The van der Waals surface area contributed by atoms with Gasteiger partial charge in [0.25, 0.3) is 0 Å². The summed E-state index contributed by atoms with van der Waals surface area (Å²) in [6.45, 7) is 0. The van der Waals surface area contributed by atoms with E-state index in [2.05, 4.69) is 47.8 Å². The number of pyridine rings is 1. The molecule has 0 bridgehead atoms. The van der Waals surface area contributed by atoms with Gasteiger partial charge in [-0.3, -0.25) is 4.40 Å². The molecule has 1 unspecified atom stereocenters. The fraction of sp³-hybridized carbons (Fsp3) is 0.0625. The molecule has 0 spiro atoms. The second-order valence-corrected chi connectivity index (χ2v) is 6.86. The minimum Gasteiger partial charge on any atom is -0.314 e. The van der Waals surface area contributed by atoms with Crippen molar-refractivity contribution in [3.05, 3.63) is 70.4 Å². The molecular weight excluding hydrogens is 360 g/mol. The summed E-state index contributed by atoms with van der Waals surface area (Å²) in [5.41, 5.74) is 10.2. The number of imidazole rings is 1. The van der Waals surface area contributed by atoms with Crippen molar-refractivity contribution in [3.8, 4) is 0 Å². The summed E-state index contributed by atoms with van der Waals surface area (Å²) in [4.78, 5) is 6.60. The lowest BCUT2D eigenvalue weighted by atomic mass is 10.2. The number of hydrogen-bond acceptors (Lipinski definition) is 4. The zero-order chi connectivity index (χ0) is 15.1. The minimum absolute atomic E-state index is 0.140. The molecule has 0 saturated heterocycles. The number of hydrogen-bond donors (Lipinski definition) is 1. The first-order valence-corrected chi connectivity index (χ1v) is 8.56. The van der Waals surface area contributed by atoms with E-state index in [0.29, 0.717) is 0 Å². The molecule has 0 radical (unpaired) electrons. The van der Waals surface area contributed by atoms with Crippen molar-refractivity contribution in [2.45, 2.75) is 5.50 Å². The SMILES string of the molecule is NC1SC=C(c2cnc3ccccn23)N1c1cccc(Br)c1. The van der Waals surface area contributed by atoms with E-state index in [-0.39, 0.29) is 5.50 Å². The third-order valence-electron chi connectivity index (χ3n) is 3.60. The second-order valence-electron chi connectivity index (χ2n) is 4.95. The van der Waals surface area contributed by atoms with Crippen LogP contribution in [0.5, 0.6) is 0 Å². The predicted octanol–water partition coefficient (Wildman–Crippen LogP) is 3.89. The van der Waals surface area contributed by atoms with Crippen molar-refractivity contribution in [3.63, 3.8) is 0 Å². The fourth-order valence-electron chi connectivity index (χ4n) is 2.61. The first kappa shape index (κ1) is 13.9. The number of halogens is 1. The van der Waals surface area contributed by atoms with Gasteiger partial charge in [0, 0.05) is 21.8 Å². The van der Waals surface area contributed by atoms with Gasteiger partial charge >= 0.3 is 0 Å². The molecular formula is C16H13BrN4S. The topological polar surface area (TPSA) is 46.6 Å². The summed E-state index contributed by atoms with van der Waals surface area (Å²) >= 11 is 5.13. The molecule has 3 aromatic rings. The van der Waals surface area contributed by atoms with Crippen LogP contribution in [0.25, 0.3) is 11.3 Å². The monoisotopic (exact) mass is 372 g/mol. The number of fused-ring (bicyclic) bond motifs is 1. The Bertz CT molecular complexity index is 873. The van der Waals surface area contributed by atoms with E-state index in [1.54, 1.807) is 11.8 Å². The van der Waals surface area contributed by atoms with E-state index in [1.807, 2.05) is 42.7 Å². The van der Waals surface area contributed by atoms with E-state index < -0.39 is 0 Å². The zero-order valence-electron chi connectivity index (χ0n) is 11.6. The lowest BCUT2D eigenvalue weighted by molar-refractivity contribution is 0.929. The molecule has 1 aromatic carbocycles. The Labute approximate surface area is 140 Å². The number of aromatic nitrogens is 2. The van der Waals surface area contributed by atoms with Gasteiger partial charge in [0.1, 0.15) is 11.1 Å². The Morgan fingerprint density at radius 2 is 2.09 bits per heavy atom. The van der Waals surface area contributed by atoms with E-state index in [1.165, 1.54) is 0 Å². The Hall–Kier alpha value is -1.76.